The van der Waals surface area contributed by atoms with Gasteiger partial charge in [0.2, 0.25) is 0 Å². The molecule has 1 aromatic rings. The van der Waals surface area contributed by atoms with E-state index in [4.69, 9.17) is 14.2 Å². The van der Waals surface area contributed by atoms with Crippen molar-refractivity contribution in [3.05, 3.63) is 29.3 Å². The minimum Gasteiger partial charge on any atom is -0.496 e. The molecule has 0 unspecified atom stereocenters. The maximum absolute atomic E-state index is 12.1. The topological polar surface area (TPSA) is 73.9 Å². The lowest BCUT2D eigenvalue weighted by Gasteiger charge is -2.14. The lowest BCUT2D eigenvalue weighted by Crippen LogP contribution is -2.35. The molecule has 1 atom stereocenters. The van der Waals surface area contributed by atoms with Gasteiger partial charge in [-0.1, -0.05) is 0 Å². The summed E-state index contributed by atoms with van der Waals surface area (Å²) in [5.41, 5.74) is 1.11. The number of likely N-dealkylation sites (N-methyl/N-ethyl adjacent to an activating group) is 1. The molecule has 0 aliphatic carbocycles. The molecule has 6 nitrogen and oxygen atoms in total. The van der Waals surface area contributed by atoms with E-state index < -0.39 is 12.1 Å². The Hall–Kier alpha value is -2.08. The zero-order chi connectivity index (χ0) is 16.5. The van der Waals surface area contributed by atoms with Crippen LogP contribution < -0.4 is 10.1 Å². The van der Waals surface area contributed by atoms with E-state index in [-0.39, 0.29) is 5.91 Å². The molecule has 0 fully saturated rings. The molecular weight excluding hydrogens is 286 g/mol. The number of benzene rings is 1. The van der Waals surface area contributed by atoms with Crippen LogP contribution in [0, 0.1) is 0 Å². The van der Waals surface area contributed by atoms with E-state index in [1.807, 2.05) is 6.92 Å². The van der Waals surface area contributed by atoms with Gasteiger partial charge in [-0.3, -0.25) is 4.79 Å². The van der Waals surface area contributed by atoms with Crippen molar-refractivity contribution in [1.29, 1.82) is 0 Å². The Labute approximate surface area is 130 Å². The maximum atomic E-state index is 12.1. The van der Waals surface area contributed by atoms with Crippen LogP contribution in [0.3, 0.4) is 0 Å². The highest BCUT2D eigenvalue weighted by atomic mass is 16.5. The van der Waals surface area contributed by atoms with Crippen molar-refractivity contribution >= 4 is 11.9 Å². The Bertz CT molecular complexity index is 515. The van der Waals surface area contributed by atoms with Gasteiger partial charge in [0.15, 0.2) is 6.10 Å². The number of carbonyl (C=O) groups is 2. The van der Waals surface area contributed by atoms with E-state index in [1.54, 1.807) is 32.2 Å². The monoisotopic (exact) mass is 309 g/mol. The summed E-state index contributed by atoms with van der Waals surface area (Å²) in [6.45, 7) is 6.61. The average Bonchev–Trinajstić information content (AvgIpc) is 2.52. The molecule has 0 heterocycles. The fourth-order valence-electron chi connectivity index (χ4n) is 1.83. The van der Waals surface area contributed by atoms with Crippen LogP contribution in [0.4, 0.5) is 0 Å². The first-order valence-electron chi connectivity index (χ1n) is 7.26. The number of carbonyl (C=O) groups excluding carboxylic acids is 2. The van der Waals surface area contributed by atoms with Gasteiger partial charge in [-0.15, -0.1) is 0 Å². The lowest BCUT2D eigenvalue weighted by atomic mass is 10.1. The Morgan fingerprint density at radius 3 is 2.59 bits per heavy atom. The second-order valence-electron chi connectivity index (χ2n) is 4.61. The van der Waals surface area contributed by atoms with E-state index in [0.29, 0.717) is 31.1 Å². The molecule has 0 aliphatic heterocycles. The van der Waals surface area contributed by atoms with Gasteiger partial charge < -0.3 is 19.5 Å². The maximum Gasteiger partial charge on any atom is 0.338 e. The molecule has 122 valence electrons. The van der Waals surface area contributed by atoms with E-state index in [0.717, 1.165) is 5.56 Å². The van der Waals surface area contributed by atoms with Crippen molar-refractivity contribution in [2.24, 2.45) is 0 Å². The van der Waals surface area contributed by atoms with Crippen LogP contribution >= 0.6 is 0 Å². The Balaban J connectivity index is 2.82. The average molecular weight is 309 g/mol. The molecule has 0 aliphatic rings. The highest BCUT2D eigenvalue weighted by Crippen LogP contribution is 2.21. The number of ether oxygens (including phenoxy) is 3. The fourth-order valence-corrected chi connectivity index (χ4v) is 1.83. The zero-order valence-electron chi connectivity index (χ0n) is 13.5. The molecule has 1 N–H and O–H groups in total. The minimum absolute atomic E-state index is 0.320. The first-order chi connectivity index (χ1) is 10.5. The number of hydrogen-bond donors (Lipinski definition) is 1. The van der Waals surface area contributed by atoms with Gasteiger partial charge in [-0.05, 0) is 39.0 Å². The third-order valence-electron chi connectivity index (χ3n) is 2.98. The summed E-state index contributed by atoms with van der Waals surface area (Å²) in [5.74, 6) is -0.236. The summed E-state index contributed by atoms with van der Waals surface area (Å²) < 4.78 is 15.7. The molecular formula is C16H23NO5. The van der Waals surface area contributed by atoms with Crippen LogP contribution in [0.25, 0.3) is 0 Å². The Morgan fingerprint density at radius 2 is 2.00 bits per heavy atom. The fraction of sp³-hybridized carbons (Fsp3) is 0.500. The van der Waals surface area contributed by atoms with Crippen LogP contribution in [0.5, 0.6) is 5.75 Å². The molecule has 6 heteroatoms. The van der Waals surface area contributed by atoms with Crippen LogP contribution in [0.15, 0.2) is 18.2 Å². The number of amides is 1. The summed E-state index contributed by atoms with van der Waals surface area (Å²) in [7, 11) is 1.56. The van der Waals surface area contributed by atoms with Gasteiger partial charge in [0, 0.05) is 18.7 Å². The number of nitrogens with one attached hydrogen (secondary N) is 1. The largest absolute Gasteiger partial charge is 0.496 e. The summed E-state index contributed by atoms with van der Waals surface area (Å²) >= 11 is 0. The molecule has 1 rings (SSSR count). The van der Waals surface area contributed by atoms with Gasteiger partial charge in [0.25, 0.3) is 5.91 Å². The minimum atomic E-state index is -0.843. The Kier molecular flexibility index (Phi) is 7.39. The van der Waals surface area contributed by atoms with Crippen LogP contribution in [0.1, 0.15) is 36.7 Å². The predicted molar refractivity (Wildman–Crippen MR) is 81.9 cm³/mol. The number of hydrogen-bond acceptors (Lipinski definition) is 5. The number of methoxy groups -OCH3 is 1. The molecule has 1 amide bonds. The molecule has 0 radical (unpaired) electrons. The number of rotatable bonds is 8. The SMILES string of the molecule is CCNC(=O)[C@@H](C)OC(=O)c1ccc(OC)c(COCC)c1. The van der Waals surface area contributed by atoms with E-state index in [9.17, 15) is 9.59 Å². The van der Waals surface area contributed by atoms with Gasteiger partial charge in [-0.25, -0.2) is 4.79 Å². The molecule has 0 saturated heterocycles. The smallest absolute Gasteiger partial charge is 0.338 e. The van der Waals surface area contributed by atoms with Gasteiger partial charge in [-0.2, -0.15) is 0 Å². The summed E-state index contributed by atoms with van der Waals surface area (Å²) in [5, 5.41) is 2.60. The molecule has 0 bridgehead atoms. The Morgan fingerprint density at radius 1 is 1.27 bits per heavy atom. The van der Waals surface area contributed by atoms with Crippen molar-refractivity contribution in [3.63, 3.8) is 0 Å². The van der Waals surface area contributed by atoms with Crippen molar-refractivity contribution in [2.75, 3.05) is 20.3 Å². The van der Waals surface area contributed by atoms with Crippen molar-refractivity contribution in [3.8, 4) is 5.75 Å². The quantitative estimate of drug-likeness (QED) is 0.743. The summed E-state index contributed by atoms with van der Waals surface area (Å²) in [6.07, 6.45) is -0.843. The van der Waals surface area contributed by atoms with Crippen LogP contribution in [-0.2, 0) is 20.9 Å². The second kappa shape index (κ2) is 9.04. The summed E-state index contributed by atoms with van der Waals surface area (Å²) in [4.78, 5) is 23.7. The highest BCUT2D eigenvalue weighted by molar-refractivity contribution is 5.92. The highest BCUT2D eigenvalue weighted by Gasteiger charge is 2.19. The first-order valence-corrected chi connectivity index (χ1v) is 7.26. The van der Waals surface area contributed by atoms with Gasteiger partial charge >= 0.3 is 5.97 Å². The lowest BCUT2D eigenvalue weighted by molar-refractivity contribution is -0.128. The van der Waals surface area contributed by atoms with Crippen molar-refractivity contribution < 1.29 is 23.8 Å². The first kappa shape index (κ1) is 18.0. The molecule has 22 heavy (non-hydrogen) atoms. The van der Waals surface area contributed by atoms with Crippen molar-refractivity contribution in [1.82, 2.24) is 5.32 Å². The van der Waals surface area contributed by atoms with Crippen LogP contribution in [-0.4, -0.2) is 38.2 Å². The van der Waals surface area contributed by atoms with Crippen molar-refractivity contribution in [2.45, 2.75) is 33.5 Å². The number of esters is 1. The normalized spacial score (nSPS) is 11.6. The molecule has 0 spiro atoms. The second-order valence-corrected chi connectivity index (χ2v) is 4.61. The van der Waals surface area contributed by atoms with E-state index >= 15 is 0 Å². The molecule has 1 aromatic carbocycles. The summed E-state index contributed by atoms with van der Waals surface area (Å²) in [6, 6.07) is 4.93. The van der Waals surface area contributed by atoms with Gasteiger partial charge in [0.05, 0.1) is 19.3 Å². The van der Waals surface area contributed by atoms with E-state index in [1.165, 1.54) is 6.92 Å². The molecule has 0 aromatic heterocycles. The van der Waals surface area contributed by atoms with E-state index in [2.05, 4.69) is 5.32 Å². The standard InChI is InChI=1S/C16H23NO5/c1-5-17-15(18)11(3)22-16(19)12-7-8-14(20-4)13(9-12)10-21-6-2/h7-9,11H,5-6,10H2,1-4H3,(H,17,18)/t11-/m1/s1. The third kappa shape index (κ3) is 5.04. The predicted octanol–water partition coefficient (Wildman–Crippen LogP) is 1.91. The third-order valence-corrected chi connectivity index (χ3v) is 2.98. The van der Waals surface area contributed by atoms with Crippen LogP contribution in [0.2, 0.25) is 0 Å². The molecule has 0 saturated carbocycles. The zero-order valence-corrected chi connectivity index (χ0v) is 13.5. The van der Waals surface area contributed by atoms with Gasteiger partial charge in [0.1, 0.15) is 5.75 Å².